The summed E-state index contributed by atoms with van der Waals surface area (Å²) in [6.07, 6.45) is 3.89. The number of rotatable bonds is 5. The molecule has 0 saturated heterocycles. The summed E-state index contributed by atoms with van der Waals surface area (Å²) in [5.74, 6) is 0.572. The first-order valence-electron chi connectivity index (χ1n) is 11.2. The highest BCUT2D eigenvalue weighted by atomic mass is 15.2. The fourth-order valence-electron chi connectivity index (χ4n) is 3.96. The summed E-state index contributed by atoms with van der Waals surface area (Å²) >= 11 is 0. The second-order valence-electron chi connectivity index (χ2n) is 8.07. The van der Waals surface area contributed by atoms with Gasteiger partial charge in [0.05, 0.1) is 22.8 Å². The van der Waals surface area contributed by atoms with Crippen molar-refractivity contribution in [3.63, 3.8) is 0 Å². The molecule has 1 aliphatic heterocycles. The number of nitrogens with zero attached hydrogens (tertiary/aromatic N) is 7. The second kappa shape index (κ2) is 8.92. The van der Waals surface area contributed by atoms with E-state index >= 15 is 0 Å². The molecule has 3 aromatic heterocycles. The molecule has 0 atom stereocenters. The third-order valence-electron chi connectivity index (χ3n) is 5.78. The van der Waals surface area contributed by atoms with Crippen molar-refractivity contribution in [3.05, 3.63) is 102 Å². The van der Waals surface area contributed by atoms with E-state index in [2.05, 4.69) is 20.2 Å². The van der Waals surface area contributed by atoms with Gasteiger partial charge in [0.25, 0.3) is 0 Å². The van der Waals surface area contributed by atoms with Gasteiger partial charge in [-0.1, -0.05) is 54.6 Å². The normalized spacial score (nSPS) is 13.1. The van der Waals surface area contributed by atoms with Crippen LogP contribution < -0.4 is 5.73 Å². The minimum atomic E-state index is 0.486. The molecule has 0 spiro atoms. The first kappa shape index (κ1) is 20.9. The van der Waals surface area contributed by atoms with Crippen molar-refractivity contribution in [2.24, 2.45) is 15.9 Å². The van der Waals surface area contributed by atoms with Crippen molar-refractivity contribution in [3.8, 4) is 22.5 Å². The smallest absolute Gasteiger partial charge is 0.179 e. The van der Waals surface area contributed by atoms with Crippen LogP contribution in [0.2, 0.25) is 0 Å². The molecule has 8 nitrogen and oxygen atoms in total. The standard InChI is InChI=1S/C27H20N8/c28-16-17-7-9-19(10-8-17)25-24(18-5-2-1-3-6-18)31-21-12-11-20(32-27(21)33-25)22-15-23(35-34-22)26-29-13-4-14-30-26/h1-14H,15-16,28H2. The molecule has 35 heavy (non-hydrogen) atoms. The number of fused-ring (bicyclic) bond motifs is 1. The zero-order valence-electron chi connectivity index (χ0n) is 18.7. The zero-order valence-corrected chi connectivity index (χ0v) is 18.7. The van der Waals surface area contributed by atoms with E-state index in [-0.39, 0.29) is 0 Å². The lowest BCUT2D eigenvalue weighted by atomic mass is 10.0. The van der Waals surface area contributed by atoms with Crippen LogP contribution in [0.3, 0.4) is 0 Å². The average molecular weight is 457 g/mol. The van der Waals surface area contributed by atoms with Gasteiger partial charge in [0.1, 0.15) is 11.2 Å². The molecule has 0 bridgehead atoms. The van der Waals surface area contributed by atoms with E-state index in [4.69, 9.17) is 20.7 Å². The predicted octanol–water partition coefficient (Wildman–Crippen LogP) is 4.20. The fourth-order valence-corrected chi connectivity index (χ4v) is 3.96. The minimum absolute atomic E-state index is 0.486. The molecule has 0 saturated carbocycles. The molecule has 5 aromatic rings. The molecule has 168 valence electrons. The summed E-state index contributed by atoms with van der Waals surface area (Å²) in [6, 6.07) is 23.7. The highest BCUT2D eigenvalue weighted by Crippen LogP contribution is 2.31. The third-order valence-corrected chi connectivity index (χ3v) is 5.78. The fraction of sp³-hybridized carbons (Fsp3) is 0.0741. The number of pyridine rings is 1. The lowest BCUT2D eigenvalue weighted by Gasteiger charge is -2.11. The Balaban J connectivity index is 1.42. The summed E-state index contributed by atoms with van der Waals surface area (Å²) in [4.78, 5) is 23.3. The van der Waals surface area contributed by atoms with Gasteiger partial charge in [0.2, 0.25) is 0 Å². The molecule has 4 heterocycles. The summed E-state index contributed by atoms with van der Waals surface area (Å²) in [6.45, 7) is 0.486. The Morgan fingerprint density at radius 2 is 1.37 bits per heavy atom. The second-order valence-corrected chi connectivity index (χ2v) is 8.07. The van der Waals surface area contributed by atoms with Gasteiger partial charge >= 0.3 is 0 Å². The van der Waals surface area contributed by atoms with E-state index in [1.807, 2.05) is 66.7 Å². The van der Waals surface area contributed by atoms with Crippen molar-refractivity contribution < 1.29 is 0 Å². The lowest BCUT2D eigenvalue weighted by molar-refractivity contribution is 1.07. The topological polar surface area (TPSA) is 115 Å². The molecule has 8 heteroatoms. The number of aromatic nitrogens is 5. The molecular formula is C27H20N8. The Labute approximate surface area is 201 Å². The van der Waals surface area contributed by atoms with Crippen LogP contribution in [0.5, 0.6) is 0 Å². The monoisotopic (exact) mass is 456 g/mol. The first-order chi connectivity index (χ1) is 17.3. The van der Waals surface area contributed by atoms with E-state index in [0.29, 0.717) is 41.4 Å². The molecule has 2 N–H and O–H groups in total. The van der Waals surface area contributed by atoms with Crippen LogP contribution in [0.15, 0.2) is 95.4 Å². The molecule has 6 rings (SSSR count). The maximum atomic E-state index is 5.79. The van der Waals surface area contributed by atoms with Gasteiger partial charge in [0, 0.05) is 36.5 Å². The van der Waals surface area contributed by atoms with E-state index in [9.17, 15) is 0 Å². The molecule has 0 fully saturated rings. The first-order valence-corrected chi connectivity index (χ1v) is 11.2. The molecule has 0 unspecified atom stereocenters. The van der Waals surface area contributed by atoms with Crippen molar-refractivity contribution in [2.45, 2.75) is 13.0 Å². The van der Waals surface area contributed by atoms with Gasteiger partial charge in [0.15, 0.2) is 11.5 Å². The van der Waals surface area contributed by atoms with Crippen molar-refractivity contribution in [2.75, 3.05) is 0 Å². The van der Waals surface area contributed by atoms with Crippen LogP contribution >= 0.6 is 0 Å². The van der Waals surface area contributed by atoms with Gasteiger partial charge in [-0.2, -0.15) is 10.2 Å². The highest BCUT2D eigenvalue weighted by molar-refractivity contribution is 6.18. The van der Waals surface area contributed by atoms with Gasteiger partial charge in [-0.25, -0.2) is 24.9 Å². The van der Waals surface area contributed by atoms with Crippen molar-refractivity contribution in [1.82, 2.24) is 24.9 Å². The molecule has 0 aliphatic carbocycles. The summed E-state index contributed by atoms with van der Waals surface area (Å²) in [5.41, 5.74) is 13.8. The SMILES string of the molecule is NCc1ccc(-c2nc3nc(C4=NN=C(c5ncccn5)C4)ccc3nc2-c2ccccc2)cc1. The van der Waals surface area contributed by atoms with Crippen LogP contribution in [0, 0.1) is 0 Å². The predicted molar refractivity (Wildman–Crippen MR) is 136 cm³/mol. The summed E-state index contributed by atoms with van der Waals surface area (Å²) in [7, 11) is 0. The van der Waals surface area contributed by atoms with E-state index in [1.165, 1.54) is 0 Å². The number of hydrogen-bond donors (Lipinski definition) is 1. The Kier molecular flexibility index (Phi) is 5.32. The van der Waals surface area contributed by atoms with Gasteiger partial charge in [-0.15, -0.1) is 0 Å². The molecular weight excluding hydrogens is 436 g/mol. The van der Waals surface area contributed by atoms with Crippen LogP contribution in [0.25, 0.3) is 33.7 Å². The van der Waals surface area contributed by atoms with Crippen LogP contribution in [-0.4, -0.2) is 36.3 Å². The Morgan fingerprint density at radius 1 is 0.657 bits per heavy atom. The Hall–Kier alpha value is -4.69. The van der Waals surface area contributed by atoms with Gasteiger partial charge < -0.3 is 5.73 Å². The molecule has 2 aromatic carbocycles. The van der Waals surface area contributed by atoms with E-state index < -0.39 is 0 Å². The van der Waals surface area contributed by atoms with Crippen LogP contribution in [0.4, 0.5) is 0 Å². The van der Waals surface area contributed by atoms with Crippen molar-refractivity contribution >= 4 is 22.6 Å². The number of hydrogen-bond acceptors (Lipinski definition) is 8. The third kappa shape index (κ3) is 4.07. The van der Waals surface area contributed by atoms with Crippen LogP contribution in [-0.2, 0) is 6.54 Å². The Morgan fingerprint density at radius 3 is 2.14 bits per heavy atom. The largest absolute Gasteiger partial charge is 0.326 e. The van der Waals surface area contributed by atoms with Gasteiger partial charge in [-0.05, 0) is 23.8 Å². The number of nitrogens with two attached hydrogens (primary N) is 1. The Bertz CT molecular complexity index is 1580. The maximum Gasteiger partial charge on any atom is 0.179 e. The van der Waals surface area contributed by atoms with E-state index in [0.717, 1.165) is 33.8 Å². The highest BCUT2D eigenvalue weighted by Gasteiger charge is 2.20. The summed E-state index contributed by atoms with van der Waals surface area (Å²) < 4.78 is 0. The molecule has 0 radical (unpaired) electrons. The van der Waals surface area contributed by atoms with Gasteiger partial charge in [-0.3, -0.25) is 0 Å². The quantitative estimate of drug-likeness (QED) is 0.424. The molecule has 0 amide bonds. The summed E-state index contributed by atoms with van der Waals surface area (Å²) in [5, 5.41) is 8.61. The van der Waals surface area contributed by atoms with Crippen molar-refractivity contribution in [1.29, 1.82) is 0 Å². The molecule has 1 aliphatic rings. The number of benzene rings is 2. The average Bonchev–Trinajstić information content (AvgIpc) is 3.44. The zero-order chi connectivity index (χ0) is 23.6. The lowest BCUT2D eigenvalue weighted by Crippen LogP contribution is -2.10. The van der Waals surface area contributed by atoms with Crippen LogP contribution in [0.1, 0.15) is 23.5 Å². The maximum absolute atomic E-state index is 5.79. The minimum Gasteiger partial charge on any atom is -0.326 e. The van der Waals surface area contributed by atoms with E-state index in [1.54, 1.807) is 18.5 Å².